The van der Waals surface area contributed by atoms with Crippen LogP contribution in [0.4, 0.5) is 0 Å². The SMILES string of the molecule is COP(=O)(O)OCCCCCCNC(=O)[C@H](CNC(C)=O)NC(C)=O. The van der Waals surface area contributed by atoms with E-state index < -0.39 is 13.9 Å². The molecule has 0 aliphatic carbocycles. The van der Waals surface area contributed by atoms with Crippen molar-refractivity contribution in [3.05, 3.63) is 0 Å². The minimum absolute atomic E-state index is 0.0266. The summed E-state index contributed by atoms with van der Waals surface area (Å²) in [5.41, 5.74) is 0. The molecule has 0 fully saturated rings. The fourth-order valence-electron chi connectivity index (χ4n) is 1.85. The van der Waals surface area contributed by atoms with Crippen LogP contribution in [-0.4, -0.2) is 55.5 Å². The van der Waals surface area contributed by atoms with E-state index in [-0.39, 0.29) is 30.9 Å². The second-order valence-corrected chi connectivity index (χ2v) is 6.94. The topological polar surface area (TPSA) is 143 Å². The van der Waals surface area contributed by atoms with Gasteiger partial charge < -0.3 is 20.8 Å². The van der Waals surface area contributed by atoms with E-state index in [1.807, 2.05) is 0 Å². The number of phosphoric ester groups is 1. The lowest BCUT2D eigenvalue weighted by Crippen LogP contribution is -2.52. The molecule has 0 aliphatic heterocycles. The van der Waals surface area contributed by atoms with Crippen molar-refractivity contribution in [1.82, 2.24) is 16.0 Å². The summed E-state index contributed by atoms with van der Waals surface area (Å²) < 4.78 is 20.0. The molecule has 0 saturated heterocycles. The maximum Gasteiger partial charge on any atom is 0.471 e. The van der Waals surface area contributed by atoms with Crippen molar-refractivity contribution in [1.29, 1.82) is 0 Å². The molecule has 0 aromatic carbocycles. The van der Waals surface area contributed by atoms with E-state index in [9.17, 15) is 18.9 Å². The third-order valence-electron chi connectivity index (χ3n) is 3.10. The van der Waals surface area contributed by atoms with E-state index in [0.29, 0.717) is 19.4 Å². The predicted molar refractivity (Wildman–Crippen MR) is 90.6 cm³/mol. The van der Waals surface area contributed by atoms with Crippen molar-refractivity contribution in [3.8, 4) is 0 Å². The molecular weight excluding hydrogens is 353 g/mol. The molecule has 25 heavy (non-hydrogen) atoms. The van der Waals surface area contributed by atoms with Crippen molar-refractivity contribution in [2.45, 2.75) is 45.6 Å². The number of carbonyl (C=O) groups excluding carboxylic acids is 3. The number of unbranched alkanes of at least 4 members (excludes halogenated alkanes) is 3. The third-order valence-corrected chi connectivity index (χ3v) is 4.07. The van der Waals surface area contributed by atoms with Gasteiger partial charge in [0.1, 0.15) is 6.04 Å². The summed E-state index contributed by atoms with van der Waals surface area (Å²) in [6.45, 7) is 3.19. The van der Waals surface area contributed by atoms with E-state index in [0.717, 1.165) is 20.0 Å². The molecular formula is C14H28N3O7P. The molecule has 10 nitrogen and oxygen atoms in total. The summed E-state index contributed by atoms with van der Waals surface area (Å²) in [6.07, 6.45) is 2.86. The van der Waals surface area contributed by atoms with E-state index in [2.05, 4.69) is 25.0 Å². The summed E-state index contributed by atoms with van der Waals surface area (Å²) in [4.78, 5) is 43.1. The van der Waals surface area contributed by atoms with Crippen molar-refractivity contribution >= 4 is 25.5 Å². The standard InChI is InChI=1S/C14H28N3O7P/c1-11(18)16-10-13(17-12(2)19)14(20)15-8-6-4-5-7-9-24-25(21,22)23-3/h13H,4-10H2,1-3H3,(H,15,20)(H,16,18)(H,17,19)(H,21,22)/t13-/m0/s1. The summed E-state index contributed by atoms with van der Waals surface area (Å²) in [6, 6.07) is -0.817. The molecule has 1 unspecified atom stereocenters. The Morgan fingerprint density at radius 1 is 1.04 bits per heavy atom. The highest BCUT2D eigenvalue weighted by Gasteiger charge is 2.19. The maximum atomic E-state index is 12.0. The molecule has 3 amide bonds. The van der Waals surface area contributed by atoms with E-state index in [1.54, 1.807) is 0 Å². The number of amides is 3. The van der Waals surface area contributed by atoms with E-state index in [1.165, 1.54) is 13.8 Å². The number of hydrogen-bond donors (Lipinski definition) is 4. The van der Waals surface area contributed by atoms with Gasteiger partial charge in [-0.15, -0.1) is 0 Å². The van der Waals surface area contributed by atoms with Crippen LogP contribution >= 0.6 is 7.82 Å². The molecule has 0 rings (SSSR count). The lowest BCUT2D eigenvalue weighted by Gasteiger charge is -2.17. The molecule has 0 heterocycles. The van der Waals surface area contributed by atoms with Gasteiger partial charge in [0.15, 0.2) is 0 Å². The highest BCUT2D eigenvalue weighted by atomic mass is 31.2. The smallest absolute Gasteiger partial charge is 0.354 e. The number of rotatable bonds is 13. The third kappa shape index (κ3) is 13.5. The van der Waals surface area contributed by atoms with Gasteiger partial charge in [-0.25, -0.2) is 4.57 Å². The molecule has 0 aromatic heterocycles. The second kappa shape index (κ2) is 12.8. The van der Waals surface area contributed by atoms with Crippen LogP contribution < -0.4 is 16.0 Å². The molecule has 0 bridgehead atoms. The Bertz CT molecular complexity index is 487. The monoisotopic (exact) mass is 381 g/mol. The molecule has 0 saturated carbocycles. The lowest BCUT2D eigenvalue weighted by molar-refractivity contribution is -0.128. The molecule has 0 spiro atoms. The fourth-order valence-corrected chi connectivity index (χ4v) is 2.31. The quantitative estimate of drug-likeness (QED) is 0.261. The molecule has 2 atom stereocenters. The zero-order chi connectivity index (χ0) is 19.3. The van der Waals surface area contributed by atoms with E-state index in [4.69, 9.17) is 4.89 Å². The van der Waals surface area contributed by atoms with Crippen molar-refractivity contribution in [2.75, 3.05) is 26.8 Å². The molecule has 0 radical (unpaired) electrons. The normalized spacial score (nSPS) is 14.2. The van der Waals surface area contributed by atoms with Crippen LogP contribution in [0.5, 0.6) is 0 Å². The summed E-state index contributed by atoms with van der Waals surface area (Å²) in [7, 11) is -2.81. The minimum atomic E-state index is -3.91. The van der Waals surface area contributed by atoms with Gasteiger partial charge in [0.05, 0.1) is 6.61 Å². The Morgan fingerprint density at radius 3 is 2.24 bits per heavy atom. The highest BCUT2D eigenvalue weighted by Crippen LogP contribution is 2.41. The fraction of sp³-hybridized carbons (Fsp3) is 0.786. The Hall–Kier alpha value is -1.48. The molecule has 0 aromatic rings. The van der Waals surface area contributed by atoms with Crippen molar-refractivity contribution < 1.29 is 32.9 Å². The van der Waals surface area contributed by atoms with Crippen LogP contribution in [0, 0.1) is 0 Å². The zero-order valence-electron chi connectivity index (χ0n) is 14.9. The van der Waals surface area contributed by atoms with Gasteiger partial charge in [0, 0.05) is 34.0 Å². The minimum Gasteiger partial charge on any atom is -0.354 e. The van der Waals surface area contributed by atoms with Gasteiger partial charge in [-0.3, -0.25) is 23.4 Å². The number of phosphoric acid groups is 1. The lowest BCUT2D eigenvalue weighted by atomic mass is 10.2. The van der Waals surface area contributed by atoms with Crippen LogP contribution in [0.25, 0.3) is 0 Å². The van der Waals surface area contributed by atoms with Crippen LogP contribution in [0.3, 0.4) is 0 Å². The number of carbonyl (C=O) groups is 3. The van der Waals surface area contributed by atoms with Gasteiger partial charge >= 0.3 is 7.82 Å². The second-order valence-electron chi connectivity index (χ2n) is 5.38. The van der Waals surface area contributed by atoms with Gasteiger partial charge in [0.2, 0.25) is 17.7 Å². The van der Waals surface area contributed by atoms with Crippen LogP contribution in [0.15, 0.2) is 0 Å². The number of hydrogen-bond acceptors (Lipinski definition) is 6. The first kappa shape index (κ1) is 23.5. The molecule has 146 valence electrons. The van der Waals surface area contributed by atoms with Crippen LogP contribution in [0.2, 0.25) is 0 Å². The van der Waals surface area contributed by atoms with Gasteiger partial charge in [-0.1, -0.05) is 12.8 Å². The van der Waals surface area contributed by atoms with Gasteiger partial charge in [0.25, 0.3) is 0 Å². The van der Waals surface area contributed by atoms with E-state index >= 15 is 0 Å². The summed E-state index contributed by atoms with van der Waals surface area (Å²) in [5.74, 6) is -1.01. The Kier molecular flexibility index (Phi) is 12.1. The summed E-state index contributed by atoms with van der Waals surface area (Å²) >= 11 is 0. The van der Waals surface area contributed by atoms with Crippen LogP contribution in [0.1, 0.15) is 39.5 Å². The maximum absolute atomic E-state index is 12.0. The Morgan fingerprint density at radius 2 is 1.68 bits per heavy atom. The molecule has 0 aliphatic rings. The molecule has 4 N–H and O–H groups in total. The van der Waals surface area contributed by atoms with Gasteiger partial charge in [-0.05, 0) is 12.8 Å². The first-order chi connectivity index (χ1) is 11.7. The van der Waals surface area contributed by atoms with Crippen LogP contribution in [-0.2, 0) is 28.0 Å². The predicted octanol–water partition coefficient (Wildman–Crippen LogP) is 0.0672. The zero-order valence-corrected chi connectivity index (χ0v) is 15.8. The highest BCUT2D eigenvalue weighted by molar-refractivity contribution is 7.47. The largest absolute Gasteiger partial charge is 0.471 e. The average molecular weight is 381 g/mol. The molecule has 11 heteroatoms. The average Bonchev–Trinajstić information content (AvgIpc) is 2.53. The van der Waals surface area contributed by atoms with Gasteiger partial charge in [-0.2, -0.15) is 0 Å². The van der Waals surface area contributed by atoms with Crippen molar-refractivity contribution in [3.63, 3.8) is 0 Å². The van der Waals surface area contributed by atoms with Crippen molar-refractivity contribution in [2.24, 2.45) is 0 Å². The summed E-state index contributed by atoms with van der Waals surface area (Å²) in [5, 5.41) is 7.67. The first-order valence-electron chi connectivity index (χ1n) is 8.00. The first-order valence-corrected chi connectivity index (χ1v) is 9.50. The number of nitrogens with one attached hydrogen (secondary N) is 3. The Labute approximate surface area is 147 Å². The Balaban J connectivity index is 3.89.